The molecule has 2 aromatic heterocycles. The Morgan fingerprint density at radius 2 is 1.72 bits per heavy atom. The largest absolute Gasteiger partial charge is 0.378 e. The van der Waals surface area contributed by atoms with Gasteiger partial charge in [0.1, 0.15) is 12.7 Å². The minimum absolute atomic E-state index is 0.735. The van der Waals surface area contributed by atoms with Crippen molar-refractivity contribution in [3.8, 4) is 11.4 Å². The number of nitrogens with zero attached hydrogens (tertiary/aromatic N) is 5. The lowest BCUT2D eigenvalue weighted by Gasteiger charge is -2.08. The van der Waals surface area contributed by atoms with Crippen molar-refractivity contribution in [1.82, 2.24) is 24.5 Å². The maximum atomic E-state index is 4.48. The first-order chi connectivity index (χ1) is 12.3. The molecule has 0 amide bonds. The molecule has 0 saturated carbocycles. The van der Waals surface area contributed by atoms with Crippen LogP contribution in [0.5, 0.6) is 0 Å². The molecule has 2 heterocycles. The molecule has 2 aromatic carbocycles. The van der Waals surface area contributed by atoms with Gasteiger partial charge in [-0.1, -0.05) is 30.3 Å². The minimum atomic E-state index is 0.735. The molecule has 1 N–H and O–H groups in total. The first-order valence-corrected chi connectivity index (χ1v) is 8.09. The molecule has 0 bridgehead atoms. The summed E-state index contributed by atoms with van der Waals surface area (Å²) in [7, 11) is 0. The summed E-state index contributed by atoms with van der Waals surface area (Å²) in [6.45, 7) is 2.80. The van der Waals surface area contributed by atoms with Crippen LogP contribution in [0.15, 0.2) is 73.4 Å². The van der Waals surface area contributed by atoms with Crippen molar-refractivity contribution in [3.63, 3.8) is 0 Å². The van der Waals surface area contributed by atoms with Crippen LogP contribution >= 0.6 is 0 Å². The molecule has 0 fully saturated rings. The molecule has 0 aliphatic rings. The maximum Gasteiger partial charge on any atom is 0.138 e. The Morgan fingerprint density at radius 3 is 2.44 bits per heavy atom. The molecule has 25 heavy (non-hydrogen) atoms. The summed E-state index contributed by atoms with van der Waals surface area (Å²) in [6.07, 6.45) is 5.09. The summed E-state index contributed by atoms with van der Waals surface area (Å²) in [5, 5.41) is 12.1. The molecule has 0 atom stereocenters. The minimum Gasteiger partial charge on any atom is -0.378 e. The van der Waals surface area contributed by atoms with Gasteiger partial charge in [0, 0.05) is 6.54 Å². The zero-order chi connectivity index (χ0) is 17.1. The molecule has 4 aromatic rings. The Labute approximate surface area is 145 Å². The number of hydrogen-bond acceptors (Lipinski definition) is 4. The van der Waals surface area contributed by atoms with E-state index in [9.17, 15) is 0 Å². The van der Waals surface area contributed by atoms with Gasteiger partial charge < -0.3 is 5.32 Å². The van der Waals surface area contributed by atoms with Gasteiger partial charge in [-0.05, 0) is 36.8 Å². The molecule has 6 nitrogen and oxygen atoms in total. The van der Waals surface area contributed by atoms with E-state index in [1.807, 2.05) is 53.3 Å². The Bertz CT molecular complexity index is 940. The Kier molecular flexibility index (Phi) is 4.00. The first kappa shape index (κ1) is 15.1. The van der Waals surface area contributed by atoms with Crippen LogP contribution in [0, 0.1) is 6.92 Å². The third-order valence-electron chi connectivity index (χ3n) is 4.11. The van der Waals surface area contributed by atoms with E-state index in [4.69, 9.17) is 0 Å². The van der Waals surface area contributed by atoms with E-state index >= 15 is 0 Å². The van der Waals surface area contributed by atoms with E-state index in [2.05, 4.69) is 39.6 Å². The van der Waals surface area contributed by atoms with Crippen molar-refractivity contribution in [2.45, 2.75) is 13.5 Å². The van der Waals surface area contributed by atoms with Crippen LogP contribution in [0.4, 0.5) is 5.69 Å². The molecule has 0 spiro atoms. The van der Waals surface area contributed by atoms with Gasteiger partial charge in [0.25, 0.3) is 0 Å². The molecule has 4 rings (SSSR count). The lowest BCUT2D eigenvalue weighted by Crippen LogP contribution is -2.03. The van der Waals surface area contributed by atoms with Gasteiger partial charge in [0.2, 0.25) is 0 Å². The summed E-state index contributed by atoms with van der Waals surface area (Å²) >= 11 is 0. The summed E-state index contributed by atoms with van der Waals surface area (Å²) in [4.78, 5) is 3.96. The maximum absolute atomic E-state index is 4.48. The fraction of sp³-hybridized carbons (Fsp3) is 0.105. The predicted octanol–water partition coefficient (Wildman–Crippen LogP) is 3.37. The fourth-order valence-corrected chi connectivity index (χ4v) is 2.72. The van der Waals surface area contributed by atoms with Gasteiger partial charge in [0.05, 0.1) is 29.0 Å². The Hall–Kier alpha value is -3.41. The van der Waals surface area contributed by atoms with Crippen molar-refractivity contribution >= 4 is 5.69 Å². The second kappa shape index (κ2) is 6.60. The number of para-hydroxylation sites is 1. The van der Waals surface area contributed by atoms with Crippen LogP contribution in [0.25, 0.3) is 11.4 Å². The second-order valence-corrected chi connectivity index (χ2v) is 5.75. The van der Waals surface area contributed by atoms with Gasteiger partial charge in [-0.25, -0.2) is 14.3 Å². The SMILES string of the molecule is Cc1c(NCc2ccc(-n3cncn3)cc2)cnn1-c1ccccc1. The van der Waals surface area contributed by atoms with Crippen LogP contribution in [0.2, 0.25) is 0 Å². The van der Waals surface area contributed by atoms with E-state index in [-0.39, 0.29) is 0 Å². The molecule has 124 valence electrons. The Morgan fingerprint density at radius 1 is 0.920 bits per heavy atom. The van der Waals surface area contributed by atoms with Gasteiger partial charge in [0.15, 0.2) is 0 Å². The van der Waals surface area contributed by atoms with E-state index in [1.165, 1.54) is 11.9 Å². The fourth-order valence-electron chi connectivity index (χ4n) is 2.72. The number of hydrogen-bond donors (Lipinski definition) is 1. The van der Waals surface area contributed by atoms with Crippen molar-refractivity contribution in [1.29, 1.82) is 0 Å². The summed E-state index contributed by atoms with van der Waals surface area (Å²) in [6, 6.07) is 18.4. The number of benzene rings is 2. The molecule has 0 unspecified atom stereocenters. The van der Waals surface area contributed by atoms with E-state index in [1.54, 1.807) is 11.0 Å². The lowest BCUT2D eigenvalue weighted by molar-refractivity contribution is 0.847. The molecule has 0 radical (unpaired) electrons. The van der Waals surface area contributed by atoms with Gasteiger partial charge in [-0.3, -0.25) is 0 Å². The van der Waals surface area contributed by atoms with Crippen molar-refractivity contribution < 1.29 is 0 Å². The second-order valence-electron chi connectivity index (χ2n) is 5.75. The Balaban J connectivity index is 1.46. The van der Waals surface area contributed by atoms with Gasteiger partial charge in [-0.2, -0.15) is 10.2 Å². The summed E-state index contributed by atoms with van der Waals surface area (Å²) < 4.78 is 3.68. The van der Waals surface area contributed by atoms with Crippen molar-refractivity contribution in [3.05, 3.63) is 84.7 Å². The number of aromatic nitrogens is 5. The van der Waals surface area contributed by atoms with Gasteiger partial charge in [-0.15, -0.1) is 0 Å². The molecule has 0 saturated heterocycles. The molecule has 0 aliphatic heterocycles. The third-order valence-corrected chi connectivity index (χ3v) is 4.11. The standard InChI is InChI=1S/C19H18N6/c1-15-19(12-22-25(15)18-5-3-2-4-6-18)21-11-16-7-9-17(10-8-16)24-14-20-13-23-24/h2-10,12-14,21H,11H2,1H3. The summed E-state index contributed by atoms with van der Waals surface area (Å²) in [5.41, 5.74) is 5.37. The number of rotatable bonds is 5. The van der Waals surface area contributed by atoms with E-state index in [0.717, 1.165) is 29.3 Å². The normalized spacial score (nSPS) is 10.8. The topological polar surface area (TPSA) is 60.6 Å². The lowest BCUT2D eigenvalue weighted by atomic mass is 10.2. The van der Waals surface area contributed by atoms with E-state index < -0.39 is 0 Å². The quantitative estimate of drug-likeness (QED) is 0.609. The smallest absolute Gasteiger partial charge is 0.138 e. The molecule has 0 aliphatic carbocycles. The van der Waals surface area contributed by atoms with Crippen LogP contribution in [0.3, 0.4) is 0 Å². The monoisotopic (exact) mass is 330 g/mol. The zero-order valence-corrected chi connectivity index (χ0v) is 13.9. The van der Waals surface area contributed by atoms with Crippen molar-refractivity contribution in [2.75, 3.05) is 5.32 Å². The highest BCUT2D eigenvalue weighted by atomic mass is 15.3. The molecule has 6 heteroatoms. The zero-order valence-electron chi connectivity index (χ0n) is 13.9. The number of anilines is 1. The van der Waals surface area contributed by atoms with E-state index in [0.29, 0.717) is 0 Å². The molecular formula is C19H18N6. The van der Waals surface area contributed by atoms with Gasteiger partial charge >= 0.3 is 0 Å². The van der Waals surface area contributed by atoms with Crippen LogP contribution < -0.4 is 5.32 Å². The summed E-state index contributed by atoms with van der Waals surface area (Å²) in [5.74, 6) is 0. The predicted molar refractivity (Wildman–Crippen MR) is 97.0 cm³/mol. The highest BCUT2D eigenvalue weighted by Gasteiger charge is 2.07. The van der Waals surface area contributed by atoms with Crippen LogP contribution in [0.1, 0.15) is 11.3 Å². The van der Waals surface area contributed by atoms with Crippen molar-refractivity contribution in [2.24, 2.45) is 0 Å². The van der Waals surface area contributed by atoms with Crippen LogP contribution in [-0.4, -0.2) is 24.5 Å². The van der Waals surface area contributed by atoms with Crippen LogP contribution in [-0.2, 0) is 6.54 Å². The average molecular weight is 330 g/mol. The number of nitrogens with one attached hydrogen (secondary N) is 1. The average Bonchev–Trinajstić information content (AvgIpc) is 3.31. The third kappa shape index (κ3) is 3.14. The first-order valence-electron chi connectivity index (χ1n) is 8.09. The molecular weight excluding hydrogens is 312 g/mol. The highest BCUT2D eigenvalue weighted by molar-refractivity contribution is 5.50. The highest BCUT2D eigenvalue weighted by Crippen LogP contribution is 2.19.